The van der Waals surface area contributed by atoms with E-state index in [1.807, 2.05) is 6.33 Å². The molecule has 1 aromatic heterocycles. The Bertz CT molecular complexity index is 540. The zero-order valence-electron chi connectivity index (χ0n) is 13.3. The van der Waals surface area contributed by atoms with Crippen LogP contribution in [-0.2, 0) is 0 Å². The van der Waals surface area contributed by atoms with E-state index in [1.54, 1.807) is 0 Å². The zero-order valence-corrected chi connectivity index (χ0v) is 13.3. The van der Waals surface area contributed by atoms with Gasteiger partial charge in [0.1, 0.15) is 0 Å². The third-order valence-electron chi connectivity index (χ3n) is 4.20. The molecule has 1 atom stereocenters. The summed E-state index contributed by atoms with van der Waals surface area (Å²) < 4.78 is 2.32. The van der Waals surface area contributed by atoms with E-state index in [0.717, 1.165) is 18.6 Å². The normalized spacial score (nSPS) is 13.2. The summed E-state index contributed by atoms with van der Waals surface area (Å²) in [5.41, 5.74) is 3.64. The molecule has 1 unspecified atom stereocenters. The minimum atomic E-state index is 0.512. The molecule has 1 aromatic carbocycles. The Kier molecular flexibility index (Phi) is 5.18. The highest BCUT2D eigenvalue weighted by molar-refractivity contribution is 5.76. The zero-order chi connectivity index (χ0) is 14.5. The summed E-state index contributed by atoms with van der Waals surface area (Å²) >= 11 is 0. The predicted octanol–water partition coefficient (Wildman–Crippen LogP) is 4.03. The number of fused-ring (bicyclic) bond motifs is 1. The highest BCUT2D eigenvalue weighted by Gasteiger charge is 2.10. The van der Waals surface area contributed by atoms with Gasteiger partial charge in [-0.05, 0) is 64.0 Å². The molecule has 0 aliphatic carbocycles. The molecule has 2 rings (SSSR count). The topological polar surface area (TPSA) is 21.1 Å². The maximum atomic E-state index is 4.53. The van der Waals surface area contributed by atoms with Gasteiger partial charge in [0.25, 0.3) is 0 Å². The standard InChI is InChI=1S/C17H27N3/c1-5-19(6-2)11-7-8-15(4)20-13-18-16-12-14(3)9-10-17(16)20/h9-10,12-13,15H,5-8,11H2,1-4H3. The van der Waals surface area contributed by atoms with Crippen LogP contribution >= 0.6 is 0 Å². The van der Waals surface area contributed by atoms with Gasteiger partial charge in [-0.25, -0.2) is 4.98 Å². The molecular formula is C17H27N3. The average molecular weight is 273 g/mol. The molecule has 1 heterocycles. The van der Waals surface area contributed by atoms with Gasteiger partial charge in [0.2, 0.25) is 0 Å². The van der Waals surface area contributed by atoms with Crippen LogP contribution in [0.25, 0.3) is 11.0 Å². The van der Waals surface area contributed by atoms with Crippen LogP contribution in [0.15, 0.2) is 24.5 Å². The second-order valence-electron chi connectivity index (χ2n) is 5.66. The number of hydrogen-bond donors (Lipinski definition) is 0. The summed E-state index contributed by atoms with van der Waals surface area (Å²) in [4.78, 5) is 7.02. The lowest BCUT2D eigenvalue weighted by Gasteiger charge is -2.20. The van der Waals surface area contributed by atoms with Crippen LogP contribution in [-0.4, -0.2) is 34.1 Å². The molecule has 20 heavy (non-hydrogen) atoms. The van der Waals surface area contributed by atoms with Gasteiger partial charge in [0.05, 0.1) is 17.4 Å². The van der Waals surface area contributed by atoms with E-state index < -0.39 is 0 Å². The molecule has 110 valence electrons. The Morgan fingerprint density at radius 2 is 2.00 bits per heavy atom. The second kappa shape index (κ2) is 6.89. The first-order valence-corrected chi connectivity index (χ1v) is 7.81. The van der Waals surface area contributed by atoms with E-state index >= 15 is 0 Å². The number of aromatic nitrogens is 2. The Labute approximate surface area is 122 Å². The van der Waals surface area contributed by atoms with Crippen LogP contribution in [0.3, 0.4) is 0 Å². The van der Waals surface area contributed by atoms with Gasteiger partial charge >= 0.3 is 0 Å². The van der Waals surface area contributed by atoms with Crippen LogP contribution in [0.2, 0.25) is 0 Å². The number of benzene rings is 1. The molecule has 3 nitrogen and oxygen atoms in total. The minimum absolute atomic E-state index is 0.512. The highest BCUT2D eigenvalue weighted by atomic mass is 15.1. The average Bonchev–Trinajstić information content (AvgIpc) is 2.86. The lowest BCUT2D eigenvalue weighted by Crippen LogP contribution is -2.24. The quantitative estimate of drug-likeness (QED) is 0.759. The molecule has 0 N–H and O–H groups in total. The third-order valence-corrected chi connectivity index (χ3v) is 4.20. The fraction of sp³-hybridized carbons (Fsp3) is 0.588. The lowest BCUT2D eigenvalue weighted by atomic mass is 10.1. The van der Waals surface area contributed by atoms with Gasteiger partial charge in [-0.1, -0.05) is 19.9 Å². The van der Waals surface area contributed by atoms with Gasteiger partial charge in [-0.15, -0.1) is 0 Å². The molecule has 0 radical (unpaired) electrons. The van der Waals surface area contributed by atoms with E-state index in [2.05, 4.69) is 60.3 Å². The first kappa shape index (κ1) is 15.0. The molecule has 3 heteroatoms. The predicted molar refractivity (Wildman–Crippen MR) is 86.2 cm³/mol. The van der Waals surface area contributed by atoms with Crippen molar-refractivity contribution in [3.05, 3.63) is 30.1 Å². The maximum Gasteiger partial charge on any atom is 0.0960 e. The van der Waals surface area contributed by atoms with E-state index in [-0.39, 0.29) is 0 Å². The van der Waals surface area contributed by atoms with Gasteiger partial charge in [0, 0.05) is 6.04 Å². The van der Waals surface area contributed by atoms with Crippen LogP contribution in [0.1, 0.15) is 45.2 Å². The van der Waals surface area contributed by atoms with Crippen molar-refractivity contribution in [1.29, 1.82) is 0 Å². The van der Waals surface area contributed by atoms with Gasteiger partial charge in [0.15, 0.2) is 0 Å². The number of hydrogen-bond acceptors (Lipinski definition) is 2. The summed E-state index contributed by atoms with van der Waals surface area (Å²) in [6, 6.07) is 7.04. The number of nitrogens with zero attached hydrogens (tertiary/aromatic N) is 3. The van der Waals surface area contributed by atoms with Crippen LogP contribution in [0.5, 0.6) is 0 Å². The molecule has 0 spiro atoms. The Balaban J connectivity index is 1.99. The molecule has 0 aliphatic rings. The fourth-order valence-corrected chi connectivity index (χ4v) is 2.78. The summed E-state index contributed by atoms with van der Waals surface area (Å²) in [5, 5.41) is 0. The van der Waals surface area contributed by atoms with Crippen LogP contribution in [0.4, 0.5) is 0 Å². The maximum absolute atomic E-state index is 4.53. The molecule has 0 aliphatic heterocycles. The largest absolute Gasteiger partial charge is 0.328 e. The first-order chi connectivity index (χ1) is 9.65. The monoisotopic (exact) mass is 273 g/mol. The van der Waals surface area contributed by atoms with E-state index in [1.165, 1.54) is 30.5 Å². The van der Waals surface area contributed by atoms with E-state index in [0.29, 0.717) is 6.04 Å². The highest BCUT2D eigenvalue weighted by Crippen LogP contribution is 2.21. The van der Waals surface area contributed by atoms with Crippen molar-refractivity contribution in [1.82, 2.24) is 14.5 Å². The Hall–Kier alpha value is -1.35. The van der Waals surface area contributed by atoms with Gasteiger partial charge in [-0.2, -0.15) is 0 Å². The van der Waals surface area contributed by atoms with Gasteiger partial charge in [-0.3, -0.25) is 0 Å². The summed E-state index contributed by atoms with van der Waals surface area (Å²) in [5.74, 6) is 0. The van der Waals surface area contributed by atoms with Gasteiger partial charge < -0.3 is 9.47 Å². The van der Waals surface area contributed by atoms with Crippen molar-refractivity contribution in [3.63, 3.8) is 0 Å². The van der Waals surface area contributed by atoms with Crippen molar-refractivity contribution >= 4 is 11.0 Å². The number of aryl methyl sites for hydroxylation is 1. The summed E-state index contributed by atoms with van der Waals surface area (Å²) in [7, 11) is 0. The van der Waals surface area contributed by atoms with Crippen LogP contribution in [0, 0.1) is 6.92 Å². The molecule has 0 bridgehead atoms. The molecule has 2 aromatic rings. The SMILES string of the molecule is CCN(CC)CCCC(C)n1cnc2cc(C)ccc21. The Morgan fingerprint density at radius 1 is 1.25 bits per heavy atom. The molecule has 0 saturated carbocycles. The van der Waals surface area contributed by atoms with Crippen molar-refractivity contribution in [3.8, 4) is 0 Å². The summed E-state index contributed by atoms with van der Waals surface area (Å²) in [6.45, 7) is 12.4. The Morgan fingerprint density at radius 3 is 2.70 bits per heavy atom. The number of rotatable bonds is 7. The second-order valence-corrected chi connectivity index (χ2v) is 5.66. The molecule has 0 fully saturated rings. The number of imidazole rings is 1. The molecule has 0 amide bonds. The molecular weight excluding hydrogens is 246 g/mol. The third kappa shape index (κ3) is 3.40. The van der Waals surface area contributed by atoms with Crippen molar-refractivity contribution in [2.75, 3.05) is 19.6 Å². The van der Waals surface area contributed by atoms with Crippen molar-refractivity contribution < 1.29 is 0 Å². The van der Waals surface area contributed by atoms with E-state index in [9.17, 15) is 0 Å². The van der Waals surface area contributed by atoms with Crippen LogP contribution < -0.4 is 0 Å². The van der Waals surface area contributed by atoms with E-state index in [4.69, 9.17) is 0 Å². The van der Waals surface area contributed by atoms with Crippen molar-refractivity contribution in [2.45, 2.75) is 46.6 Å². The lowest BCUT2D eigenvalue weighted by molar-refractivity contribution is 0.289. The minimum Gasteiger partial charge on any atom is -0.328 e. The smallest absolute Gasteiger partial charge is 0.0960 e. The summed E-state index contributed by atoms with van der Waals surface area (Å²) in [6.07, 6.45) is 4.44. The fourth-order valence-electron chi connectivity index (χ4n) is 2.78. The van der Waals surface area contributed by atoms with Crippen molar-refractivity contribution in [2.24, 2.45) is 0 Å². The molecule has 0 saturated heterocycles. The first-order valence-electron chi connectivity index (χ1n) is 7.81.